The summed E-state index contributed by atoms with van der Waals surface area (Å²) in [5.74, 6) is -0.942. The van der Waals surface area contributed by atoms with Crippen molar-refractivity contribution in [3.8, 4) is 0 Å². The Labute approximate surface area is 154 Å². The van der Waals surface area contributed by atoms with Crippen LogP contribution in [0.5, 0.6) is 0 Å². The number of carbonyl (C=O) groups excluding carboxylic acids is 3. The van der Waals surface area contributed by atoms with Crippen LogP contribution in [0.4, 0.5) is 16.2 Å². The van der Waals surface area contributed by atoms with E-state index in [4.69, 9.17) is 4.74 Å². The average molecular weight is 361 g/mol. The molecule has 26 heavy (non-hydrogen) atoms. The number of hydrogen-bond acceptors (Lipinski definition) is 4. The Balaban J connectivity index is 2.39. The third kappa shape index (κ3) is 3.81. The van der Waals surface area contributed by atoms with Gasteiger partial charge in [0.15, 0.2) is 0 Å². The minimum absolute atomic E-state index is 0.0993. The first-order chi connectivity index (χ1) is 12.3. The first-order valence-corrected chi connectivity index (χ1v) is 8.89. The quantitative estimate of drug-likeness (QED) is 0.790. The number of esters is 1. The fourth-order valence-corrected chi connectivity index (χ4v) is 3.10. The molecule has 2 rings (SSSR count). The molecule has 1 aliphatic rings. The van der Waals surface area contributed by atoms with Gasteiger partial charge >= 0.3 is 12.0 Å². The molecule has 7 nitrogen and oxygen atoms in total. The molecule has 0 fully saturated rings. The first kappa shape index (κ1) is 19.8. The van der Waals surface area contributed by atoms with Crippen molar-refractivity contribution in [1.29, 1.82) is 0 Å². The second-order valence-electron chi connectivity index (χ2n) is 6.90. The van der Waals surface area contributed by atoms with Gasteiger partial charge in [-0.05, 0) is 24.0 Å². The van der Waals surface area contributed by atoms with Crippen molar-refractivity contribution >= 4 is 29.3 Å². The lowest BCUT2D eigenvalue weighted by molar-refractivity contribution is -0.144. The van der Waals surface area contributed by atoms with Crippen molar-refractivity contribution < 1.29 is 19.1 Å². The molecule has 1 heterocycles. The number of hydrogen-bond donors (Lipinski definition) is 2. The molecule has 0 bridgehead atoms. The van der Waals surface area contributed by atoms with Crippen LogP contribution >= 0.6 is 0 Å². The number of fused-ring (bicyclic) bond motifs is 1. The molecule has 3 atom stereocenters. The Kier molecular flexibility index (Phi) is 6.23. The molecule has 0 radical (unpaired) electrons. The number of methoxy groups -OCH3 is 1. The number of rotatable bonds is 5. The van der Waals surface area contributed by atoms with E-state index < -0.39 is 24.1 Å². The summed E-state index contributed by atoms with van der Waals surface area (Å²) < 4.78 is 4.84. The number of benzene rings is 1. The lowest BCUT2D eigenvalue weighted by Crippen LogP contribution is -2.59. The molecule has 1 aromatic carbocycles. The lowest BCUT2D eigenvalue weighted by atomic mass is 9.97. The van der Waals surface area contributed by atoms with Crippen LogP contribution in [-0.2, 0) is 14.3 Å². The van der Waals surface area contributed by atoms with E-state index in [0.29, 0.717) is 17.8 Å². The van der Waals surface area contributed by atoms with Crippen molar-refractivity contribution in [3.05, 3.63) is 24.3 Å². The van der Waals surface area contributed by atoms with E-state index >= 15 is 0 Å². The van der Waals surface area contributed by atoms with Crippen LogP contribution in [0, 0.1) is 11.8 Å². The van der Waals surface area contributed by atoms with Crippen LogP contribution < -0.4 is 15.5 Å². The van der Waals surface area contributed by atoms with Crippen molar-refractivity contribution in [2.45, 2.75) is 46.2 Å². The molecule has 1 aromatic rings. The maximum absolute atomic E-state index is 13.1. The number of anilines is 2. The van der Waals surface area contributed by atoms with E-state index in [2.05, 4.69) is 10.6 Å². The van der Waals surface area contributed by atoms with Crippen molar-refractivity contribution in [1.82, 2.24) is 5.32 Å². The summed E-state index contributed by atoms with van der Waals surface area (Å²) in [6, 6.07) is 5.20. The Morgan fingerprint density at radius 3 is 2.50 bits per heavy atom. The number of ether oxygens (including phenoxy) is 1. The summed E-state index contributed by atoms with van der Waals surface area (Å²) in [6.45, 7) is 7.57. The Bertz CT molecular complexity index is 689. The zero-order valence-electron chi connectivity index (χ0n) is 15.9. The van der Waals surface area contributed by atoms with E-state index in [1.54, 1.807) is 24.3 Å². The van der Waals surface area contributed by atoms with Crippen LogP contribution in [0.15, 0.2) is 24.3 Å². The van der Waals surface area contributed by atoms with Crippen LogP contribution in [0.3, 0.4) is 0 Å². The number of amides is 3. The lowest BCUT2D eigenvalue weighted by Gasteiger charge is -2.39. The van der Waals surface area contributed by atoms with Crippen LogP contribution in [0.2, 0.25) is 0 Å². The van der Waals surface area contributed by atoms with Crippen LogP contribution in [0.25, 0.3) is 0 Å². The monoisotopic (exact) mass is 361 g/mol. The second-order valence-corrected chi connectivity index (χ2v) is 6.90. The summed E-state index contributed by atoms with van der Waals surface area (Å²) in [7, 11) is 1.30. The maximum Gasteiger partial charge on any atom is 0.328 e. The van der Waals surface area contributed by atoms with Crippen molar-refractivity contribution in [2.24, 2.45) is 11.8 Å². The highest BCUT2D eigenvalue weighted by Crippen LogP contribution is 2.34. The molecule has 0 aliphatic carbocycles. The molecule has 2 N–H and O–H groups in total. The summed E-state index contributed by atoms with van der Waals surface area (Å²) in [5.41, 5.74) is 1.18. The SMILES string of the molecule is CC[C@@H](C)[C@H](NC(=O)N1c2ccccc2NC(=O)[C@@H]1C(C)C)C(=O)OC. The van der Waals surface area contributed by atoms with E-state index in [9.17, 15) is 14.4 Å². The van der Waals surface area contributed by atoms with Gasteiger partial charge in [-0.3, -0.25) is 9.69 Å². The molecule has 0 aromatic heterocycles. The predicted octanol–water partition coefficient (Wildman–Crippen LogP) is 2.77. The van der Waals surface area contributed by atoms with E-state index in [1.807, 2.05) is 27.7 Å². The van der Waals surface area contributed by atoms with Gasteiger partial charge < -0.3 is 15.4 Å². The number of carbonyl (C=O) groups is 3. The van der Waals surface area contributed by atoms with Gasteiger partial charge in [0.1, 0.15) is 12.1 Å². The second kappa shape index (κ2) is 8.21. The van der Waals surface area contributed by atoms with E-state index in [0.717, 1.165) is 0 Å². The zero-order chi connectivity index (χ0) is 19.4. The van der Waals surface area contributed by atoms with Crippen LogP contribution in [0.1, 0.15) is 34.1 Å². The molecule has 0 unspecified atom stereocenters. The Morgan fingerprint density at radius 1 is 1.27 bits per heavy atom. The normalized spacial score (nSPS) is 18.6. The van der Waals surface area contributed by atoms with Gasteiger partial charge in [0.25, 0.3) is 0 Å². The summed E-state index contributed by atoms with van der Waals surface area (Å²) in [6.07, 6.45) is 0.699. The third-order valence-electron chi connectivity index (χ3n) is 4.77. The third-order valence-corrected chi connectivity index (χ3v) is 4.77. The summed E-state index contributed by atoms with van der Waals surface area (Å²) in [5, 5.41) is 5.61. The van der Waals surface area contributed by atoms with Gasteiger partial charge in [-0.2, -0.15) is 0 Å². The van der Waals surface area contributed by atoms with Crippen molar-refractivity contribution in [3.63, 3.8) is 0 Å². The summed E-state index contributed by atoms with van der Waals surface area (Å²) in [4.78, 5) is 39.2. The molecule has 7 heteroatoms. The fraction of sp³-hybridized carbons (Fsp3) is 0.526. The predicted molar refractivity (Wildman–Crippen MR) is 100.0 cm³/mol. The molecule has 142 valence electrons. The molecule has 0 saturated carbocycles. The smallest absolute Gasteiger partial charge is 0.328 e. The minimum Gasteiger partial charge on any atom is -0.467 e. The Hall–Kier alpha value is -2.57. The first-order valence-electron chi connectivity index (χ1n) is 8.89. The van der Waals surface area contributed by atoms with Gasteiger partial charge in [-0.1, -0.05) is 46.2 Å². The summed E-state index contributed by atoms with van der Waals surface area (Å²) >= 11 is 0. The van der Waals surface area contributed by atoms with Gasteiger partial charge in [0.05, 0.1) is 18.5 Å². The highest BCUT2D eigenvalue weighted by Gasteiger charge is 2.40. The number of nitrogens with zero attached hydrogens (tertiary/aromatic N) is 1. The molecular formula is C19H27N3O4. The molecule has 0 saturated heterocycles. The highest BCUT2D eigenvalue weighted by atomic mass is 16.5. The van der Waals surface area contributed by atoms with Gasteiger partial charge in [0, 0.05) is 0 Å². The van der Waals surface area contributed by atoms with Crippen molar-refractivity contribution in [2.75, 3.05) is 17.3 Å². The average Bonchev–Trinajstić information content (AvgIpc) is 2.63. The number of urea groups is 1. The van der Waals surface area contributed by atoms with E-state index in [1.165, 1.54) is 12.0 Å². The fourth-order valence-electron chi connectivity index (χ4n) is 3.10. The minimum atomic E-state index is -0.775. The largest absolute Gasteiger partial charge is 0.467 e. The van der Waals surface area contributed by atoms with Gasteiger partial charge in [-0.25, -0.2) is 9.59 Å². The van der Waals surface area contributed by atoms with E-state index in [-0.39, 0.29) is 17.7 Å². The molecular weight excluding hydrogens is 334 g/mol. The van der Waals surface area contributed by atoms with Crippen LogP contribution in [-0.4, -0.2) is 37.1 Å². The van der Waals surface area contributed by atoms with Gasteiger partial charge in [0.2, 0.25) is 5.91 Å². The number of nitrogens with one attached hydrogen (secondary N) is 2. The molecule has 0 spiro atoms. The molecule has 3 amide bonds. The number of para-hydroxylation sites is 2. The van der Waals surface area contributed by atoms with Gasteiger partial charge in [-0.15, -0.1) is 0 Å². The Morgan fingerprint density at radius 2 is 1.92 bits per heavy atom. The molecule has 1 aliphatic heterocycles. The maximum atomic E-state index is 13.1. The highest BCUT2D eigenvalue weighted by molar-refractivity contribution is 6.12. The standard InChI is InChI=1S/C19H27N3O4/c1-6-12(4)15(18(24)26-5)21-19(25)22-14-10-8-7-9-13(14)20-17(23)16(22)11(2)3/h7-12,15-16H,6H2,1-5H3,(H,20,23)(H,21,25)/t12-,15+,16+/m1/s1. The topological polar surface area (TPSA) is 87.7 Å². The zero-order valence-corrected chi connectivity index (χ0v) is 15.9.